The number of aryl methyl sites for hydroxylation is 1. The van der Waals surface area contributed by atoms with Crippen LogP contribution in [0.3, 0.4) is 0 Å². The Morgan fingerprint density at radius 1 is 1.39 bits per heavy atom. The van der Waals surface area contributed by atoms with Gasteiger partial charge in [-0.2, -0.15) is 0 Å². The van der Waals surface area contributed by atoms with E-state index < -0.39 is 10.7 Å². The maximum atomic E-state index is 10.8. The van der Waals surface area contributed by atoms with Crippen LogP contribution in [0.1, 0.15) is 5.69 Å². The first-order valence-electron chi connectivity index (χ1n) is 5.02. The molecule has 0 bridgehead atoms. The number of aromatic nitrogens is 2. The van der Waals surface area contributed by atoms with Gasteiger partial charge in [-0.3, -0.25) is 0 Å². The van der Waals surface area contributed by atoms with Crippen LogP contribution in [0.25, 0.3) is 0 Å². The second-order valence-corrected chi connectivity index (χ2v) is 3.46. The number of pyridine rings is 2. The highest BCUT2D eigenvalue weighted by atomic mass is 16.6. The smallest absolute Gasteiger partial charge is 0.407 e. The molecule has 0 amide bonds. The van der Waals surface area contributed by atoms with Crippen LogP contribution >= 0.6 is 0 Å². The monoisotopic (exact) mass is 247 g/mol. The molecule has 0 aliphatic carbocycles. The third-order valence-electron chi connectivity index (χ3n) is 2.11. The maximum Gasteiger partial charge on any atom is 0.407 e. The first-order chi connectivity index (χ1) is 8.58. The summed E-state index contributed by atoms with van der Waals surface area (Å²) in [6.45, 7) is 1.63. The van der Waals surface area contributed by atoms with Crippen LogP contribution in [0, 0.1) is 17.0 Å². The van der Waals surface area contributed by atoms with Crippen molar-refractivity contribution in [2.75, 3.05) is 0 Å². The highest BCUT2D eigenvalue weighted by Crippen LogP contribution is 2.32. The highest BCUT2D eigenvalue weighted by Gasteiger charge is 2.19. The molecule has 0 radical (unpaired) electrons. The van der Waals surface area contributed by atoms with Gasteiger partial charge >= 0.3 is 5.82 Å². The topological polar surface area (TPSA) is 98.4 Å². The molecule has 18 heavy (non-hydrogen) atoms. The fraction of sp³-hybridized carbons (Fsp3) is 0.0909. The first-order valence-corrected chi connectivity index (χ1v) is 5.02. The lowest BCUT2D eigenvalue weighted by molar-refractivity contribution is -0.390. The van der Waals surface area contributed by atoms with Crippen molar-refractivity contribution in [2.45, 2.75) is 6.92 Å². The number of rotatable bonds is 3. The zero-order valence-electron chi connectivity index (χ0n) is 9.40. The van der Waals surface area contributed by atoms with E-state index in [1.54, 1.807) is 13.0 Å². The van der Waals surface area contributed by atoms with Gasteiger partial charge in [0.2, 0.25) is 5.75 Å². The van der Waals surface area contributed by atoms with E-state index in [9.17, 15) is 15.2 Å². The zero-order valence-corrected chi connectivity index (χ0v) is 9.40. The van der Waals surface area contributed by atoms with Crippen molar-refractivity contribution in [2.24, 2.45) is 0 Å². The average Bonchev–Trinajstić information content (AvgIpc) is 2.34. The highest BCUT2D eigenvalue weighted by molar-refractivity contribution is 5.44. The van der Waals surface area contributed by atoms with Gasteiger partial charge in [0, 0.05) is 13.1 Å². The molecule has 0 unspecified atom stereocenters. The molecule has 2 aromatic rings. The Labute approximate surface area is 102 Å². The summed E-state index contributed by atoms with van der Waals surface area (Å²) in [5.74, 6) is -0.793. The molecule has 2 aromatic heterocycles. The quantitative estimate of drug-likeness (QED) is 0.659. The molecular formula is C11H9N3O4. The van der Waals surface area contributed by atoms with Gasteiger partial charge in [-0.05, 0) is 34.2 Å². The van der Waals surface area contributed by atoms with Crippen molar-refractivity contribution in [3.8, 4) is 17.4 Å². The summed E-state index contributed by atoms with van der Waals surface area (Å²) in [5.41, 5.74) is 0.499. The summed E-state index contributed by atoms with van der Waals surface area (Å²) in [6.07, 6.45) is 1.41. The molecule has 2 rings (SSSR count). The lowest BCUT2D eigenvalue weighted by Crippen LogP contribution is -1.98. The predicted octanol–water partition coefficient (Wildman–Crippen LogP) is 2.19. The van der Waals surface area contributed by atoms with Crippen LogP contribution in [-0.4, -0.2) is 20.0 Å². The van der Waals surface area contributed by atoms with Crippen molar-refractivity contribution in [3.05, 3.63) is 46.3 Å². The number of aromatic hydroxyl groups is 1. The summed E-state index contributed by atoms with van der Waals surface area (Å²) in [7, 11) is 0. The van der Waals surface area contributed by atoms with Crippen LogP contribution < -0.4 is 4.74 Å². The summed E-state index contributed by atoms with van der Waals surface area (Å²) < 4.78 is 5.19. The second kappa shape index (κ2) is 4.66. The predicted molar refractivity (Wildman–Crippen MR) is 61.6 cm³/mol. The van der Waals surface area contributed by atoms with E-state index in [1.807, 2.05) is 0 Å². The van der Waals surface area contributed by atoms with Crippen molar-refractivity contribution in [1.82, 2.24) is 9.97 Å². The van der Waals surface area contributed by atoms with Crippen molar-refractivity contribution < 1.29 is 14.8 Å². The van der Waals surface area contributed by atoms with Crippen LogP contribution in [-0.2, 0) is 0 Å². The van der Waals surface area contributed by atoms with Gasteiger partial charge < -0.3 is 20.0 Å². The Hall–Kier alpha value is -2.70. The lowest BCUT2D eigenvalue weighted by Gasteiger charge is -2.06. The normalized spacial score (nSPS) is 10.1. The Bertz CT molecular complexity index is 601. The minimum absolute atomic E-state index is 0.0698. The summed E-state index contributed by atoms with van der Waals surface area (Å²) in [6, 6.07) is 5.87. The molecule has 0 atom stereocenters. The molecule has 7 nitrogen and oxygen atoms in total. The molecule has 7 heteroatoms. The fourth-order valence-electron chi connectivity index (χ4n) is 1.31. The molecule has 0 aliphatic rings. The van der Waals surface area contributed by atoms with Crippen LogP contribution in [0.2, 0.25) is 0 Å². The van der Waals surface area contributed by atoms with Gasteiger partial charge in [0.15, 0.2) is 5.75 Å². The molecule has 0 aliphatic heterocycles. The van der Waals surface area contributed by atoms with Gasteiger partial charge in [0.1, 0.15) is 5.69 Å². The van der Waals surface area contributed by atoms with E-state index in [-0.39, 0.29) is 17.4 Å². The minimum Gasteiger partial charge on any atom is -0.503 e. The van der Waals surface area contributed by atoms with E-state index >= 15 is 0 Å². The van der Waals surface area contributed by atoms with E-state index in [1.165, 1.54) is 24.4 Å². The Morgan fingerprint density at radius 3 is 2.83 bits per heavy atom. The molecule has 0 saturated heterocycles. The third kappa shape index (κ3) is 2.34. The number of nitro groups is 1. The van der Waals surface area contributed by atoms with E-state index in [0.29, 0.717) is 5.69 Å². The number of ether oxygens (including phenoxy) is 1. The molecule has 0 aromatic carbocycles. The Morgan fingerprint density at radius 2 is 2.17 bits per heavy atom. The van der Waals surface area contributed by atoms with Gasteiger partial charge in [-0.15, -0.1) is 0 Å². The van der Waals surface area contributed by atoms with E-state index in [2.05, 4.69) is 9.97 Å². The Kier molecular flexibility index (Phi) is 3.05. The van der Waals surface area contributed by atoms with Crippen molar-refractivity contribution >= 4 is 5.82 Å². The van der Waals surface area contributed by atoms with E-state index in [4.69, 9.17) is 4.74 Å². The molecule has 1 N–H and O–H groups in total. The molecule has 92 valence electrons. The molecule has 0 saturated carbocycles. The number of hydrogen-bond donors (Lipinski definition) is 1. The largest absolute Gasteiger partial charge is 0.503 e. The number of nitrogens with zero attached hydrogens (tertiary/aromatic N) is 3. The van der Waals surface area contributed by atoms with E-state index in [0.717, 1.165) is 0 Å². The molecule has 0 fully saturated rings. The van der Waals surface area contributed by atoms with Crippen LogP contribution in [0.4, 0.5) is 5.82 Å². The molecular weight excluding hydrogens is 238 g/mol. The standard InChI is InChI=1S/C11H9N3O4/c1-7-4-5-9(10(13-7)14(16)17)18-11-8(15)3-2-6-12-11/h2-6,15H,1H3. The first kappa shape index (κ1) is 11.8. The fourth-order valence-corrected chi connectivity index (χ4v) is 1.31. The van der Waals surface area contributed by atoms with Crippen LogP contribution in [0.5, 0.6) is 17.4 Å². The zero-order chi connectivity index (χ0) is 13.1. The van der Waals surface area contributed by atoms with Crippen LogP contribution in [0.15, 0.2) is 30.5 Å². The molecule has 2 heterocycles. The van der Waals surface area contributed by atoms with Crippen molar-refractivity contribution in [1.29, 1.82) is 0 Å². The van der Waals surface area contributed by atoms with Gasteiger partial charge in [0.25, 0.3) is 5.88 Å². The summed E-state index contributed by atoms with van der Waals surface area (Å²) in [5, 5.41) is 20.3. The molecule has 0 spiro atoms. The maximum absolute atomic E-state index is 10.8. The minimum atomic E-state index is -0.650. The number of hydrogen-bond acceptors (Lipinski definition) is 6. The SMILES string of the molecule is Cc1ccc(Oc2ncccc2O)c([N+](=O)[O-])n1. The lowest BCUT2D eigenvalue weighted by atomic mass is 10.3. The van der Waals surface area contributed by atoms with Gasteiger partial charge in [0.05, 0.1) is 0 Å². The summed E-state index contributed by atoms with van der Waals surface area (Å²) in [4.78, 5) is 17.7. The Balaban J connectivity index is 2.41. The summed E-state index contributed by atoms with van der Waals surface area (Å²) >= 11 is 0. The average molecular weight is 247 g/mol. The van der Waals surface area contributed by atoms with Crippen molar-refractivity contribution in [3.63, 3.8) is 0 Å². The van der Waals surface area contributed by atoms with Gasteiger partial charge in [-0.25, -0.2) is 4.98 Å². The third-order valence-corrected chi connectivity index (χ3v) is 2.11. The second-order valence-electron chi connectivity index (χ2n) is 3.46. The van der Waals surface area contributed by atoms with Gasteiger partial charge in [-0.1, -0.05) is 0 Å².